The van der Waals surface area contributed by atoms with Crippen LogP contribution < -0.4 is 5.32 Å². The van der Waals surface area contributed by atoms with Gasteiger partial charge in [-0.25, -0.2) is 9.59 Å². The van der Waals surface area contributed by atoms with Gasteiger partial charge in [0.15, 0.2) is 5.82 Å². The summed E-state index contributed by atoms with van der Waals surface area (Å²) in [4.78, 5) is 25.2. The predicted molar refractivity (Wildman–Crippen MR) is 74.6 cm³/mol. The first kappa shape index (κ1) is 13.2. The summed E-state index contributed by atoms with van der Waals surface area (Å²) < 4.78 is 4.56. The van der Waals surface area contributed by atoms with Crippen molar-refractivity contribution in [1.82, 2.24) is 15.1 Å². The molecular weight excluding hydrogens is 272 g/mol. The van der Waals surface area contributed by atoms with Gasteiger partial charge in [0.25, 0.3) is 0 Å². The third kappa shape index (κ3) is 2.58. The number of urea groups is 1. The highest BCUT2D eigenvalue weighted by molar-refractivity contribution is 5.92. The van der Waals surface area contributed by atoms with Crippen LogP contribution in [0.2, 0.25) is 0 Å². The fraction of sp³-hybridized carbons (Fsp3) is 0.214. The molecule has 7 heteroatoms. The molecule has 0 radical (unpaired) electrons. The maximum atomic E-state index is 12.2. The van der Waals surface area contributed by atoms with Gasteiger partial charge in [0.05, 0.1) is 7.11 Å². The lowest BCUT2D eigenvalue weighted by molar-refractivity contribution is 0.0594. The van der Waals surface area contributed by atoms with Crippen LogP contribution in [0.3, 0.4) is 0 Å². The van der Waals surface area contributed by atoms with E-state index in [0.29, 0.717) is 13.1 Å². The van der Waals surface area contributed by atoms with Crippen molar-refractivity contribution in [1.29, 1.82) is 0 Å². The maximum Gasteiger partial charge on any atom is 0.356 e. The minimum Gasteiger partial charge on any atom is -0.464 e. The fourth-order valence-electron chi connectivity index (χ4n) is 2.27. The number of ether oxygens (including phenoxy) is 1. The highest BCUT2D eigenvalue weighted by atomic mass is 16.5. The van der Waals surface area contributed by atoms with Crippen LogP contribution in [0.15, 0.2) is 30.3 Å². The van der Waals surface area contributed by atoms with Crippen molar-refractivity contribution >= 4 is 17.8 Å². The van der Waals surface area contributed by atoms with E-state index in [-0.39, 0.29) is 17.5 Å². The number of nitrogens with zero attached hydrogens (tertiary/aromatic N) is 2. The van der Waals surface area contributed by atoms with E-state index >= 15 is 0 Å². The number of hydrogen-bond acceptors (Lipinski definition) is 4. The van der Waals surface area contributed by atoms with Crippen LogP contribution >= 0.6 is 0 Å². The summed E-state index contributed by atoms with van der Waals surface area (Å²) in [7, 11) is 1.28. The summed E-state index contributed by atoms with van der Waals surface area (Å²) in [5.74, 6) is -0.243. The molecule has 7 nitrogen and oxygen atoms in total. The van der Waals surface area contributed by atoms with Crippen molar-refractivity contribution in [2.45, 2.75) is 13.1 Å². The van der Waals surface area contributed by atoms with Crippen LogP contribution in [0.25, 0.3) is 0 Å². The van der Waals surface area contributed by atoms with Crippen molar-refractivity contribution in [2.24, 2.45) is 0 Å². The zero-order valence-electron chi connectivity index (χ0n) is 11.4. The number of aromatic nitrogens is 2. The minimum atomic E-state index is -0.531. The summed E-state index contributed by atoms with van der Waals surface area (Å²) in [6.45, 7) is 1.13. The molecule has 0 spiro atoms. The number of nitrogens with one attached hydrogen (secondary N) is 2. The molecule has 0 fully saturated rings. The van der Waals surface area contributed by atoms with E-state index in [9.17, 15) is 9.59 Å². The van der Waals surface area contributed by atoms with Gasteiger partial charge < -0.3 is 9.64 Å². The number of H-pyrrole nitrogens is 1. The van der Waals surface area contributed by atoms with Crippen LogP contribution in [0, 0.1) is 0 Å². The molecule has 21 heavy (non-hydrogen) atoms. The van der Waals surface area contributed by atoms with E-state index in [2.05, 4.69) is 20.3 Å². The van der Waals surface area contributed by atoms with E-state index < -0.39 is 5.97 Å². The van der Waals surface area contributed by atoms with Crippen molar-refractivity contribution in [3.8, 4) is 0 Å². The topological polar surface area (TPSA) is 87.3 Å². The lowest BCUT2D eigenvalue weighted by Crippen LogP contribution is -2.30. The number of methoxy groups -OCH3 is 1. The van der Waals surface area contributed by atoms with Gasteiger partial charge >= 0.3 is 12.0 Å². The first-order valence-corrected chi connectivity index (χ1v) is 6.44. The van der Waals surface area contributed by atoms with Gasteiger partial charge in [0.2, 0.25) is 0 Å². The van der Waals surface area contributed by atoms with Gasteiger partial charge in [-0.15, -0.1) is 0 Å². The Labute approximate surface area is 120 Å². The van der Waals surface area contributed by atoms with Crippen LogP contribution in [0.4, 0.5) is 10.6 Å². The van der Waals surface area contributed by atoms with Gasteiger partial charge in [-0.2, -0.15) is 5.10 Å². The van der Waals surface area contributed by atoms with E-state index in [1.807, 2.05) is 24.3 Å². The Bertz CT molecular complexity index is 670. The number of amides is 2. The molecule has 0 aliphatic carbocycles. The van der Waals surface area contributed by atoms with Gasteiger partial charge in [-0.3, -0.25) is 10.4 Å². The van der Waals surface area contributed by atoms with Crippen LogP contribution in [-0.2, 0) is 17.8 Å². The zero-order chi connectivity index (χ0) is 14.8. The Balaban J connectivity index is 1.65. The molecular formula is C14H14N4O3. The first-order chi connectivity index (χ1) is 10.2. The average Bonchev–Trinajstić information content (AvgIpc) is 3.12. The van der Waals surface area contributed by atoms with E-state index in [1.54, 1.807) is 4.90 Å². The molecule has 2 amide bonds. The Morgan fingerprint density at radius 3 is 2.57 bits per heavy atom. The third-order valence-electron chi connectivity index (χ3n) is 3.35. The third-order valence-corrected chi connectivity index (χ3v) is 3.35. The highest BCUT2D eigenvalue weighted by Gasteiger charge is 2.23. The van der Waals surface area contributed by atoms with E-state index in [4.69, 9.17) is 0 Å². The maximum absolute atomic E-state index is 12.2. The van der Waals surface area contributed by atoms with E-state index in [1.165, 1.54) is 13.2 Å². The molecule has 3 rings (SSSR count). The second kappa shape index (κ2) is 5.28. The Morgan fingerprint density at radius 1 is 1.29 bits per heavy atom. The second-order valence-corrected chi connectivity index (χ2v) is 4.71. The SMILES string of the molecule is COC(=O)c1cc(NC(=O)N2Cc3ccccc3C2)n[nH]1. The monoisotopic (exact) mass is 286 g/mol. The number of carbonyl (C=O) groups is 2. The Kier molecular flexibility index (Phi) is 3.31. The largest absolute Gasteiger partial charge is 0.464 e. The van der Waals surface area contributed by atoms with Gasteiger partial charge in [0, 0.05) is 19.2 Å². The quantitative estimate of drug-likeness (QED) is 0.823. The molecule has 0 atom stereocenters. The summed E-state index contributed by atoms with van der Waals surface area (Å²) in [5, 5.41) is 9.03. The molecule has 1 aromatic heterocycles. The van der Waals surface area contributed by atoms with Crippen molar-refractivity contribution in [2.75, 3.05) is 12.4 Å². The number of rotatable bonds is 2. The summed E-state index contributed by atoms with van der Waals surface area (Å²) >= 11 is 0. The van der Waals surface area contributed by atoms with Crippen molar-refractivity contribution in [3.63, 3.8) is 0 Å². The molecule has 0 unspecified atom stereocenters. The van der Waals surface area contributed by atoms with Crippen molar-refractivity contribution < 1.29 is 14.3 Å². The fourth-order valence-corrected chi connectivity index (χ4v) is 2.27. The van der Waals surface area contributed by atoms with Gasteiger partial charge in [0.1, 0.15) is 5.69 Å². The van der Waals surface area contributed by atoms with Gasteiger partial charge in [-0.05, 0) is 11.1 Å². The number of aromatic amines is 1. The molecule has 0 bridgehead atoms. The van der Waals surface area contributed by atoms with Crippen LogP contribution in [0.1, 0.15) is 21.6 Å². The average molecular weight is 286 g/mol. The molecule has 2 N–H and O–H groups in total. The number of fused-ring (bicyclic) bond motifs is 1. The number of hydrogen-bond donors (Lipinski definition) is 2. The predicted octanol–water partition coefficient (Wildman–Crippen LogP) is 1.74. The molecule has 2 aromatic rings. The second-order valence-electron chi connectivity index (χ2n) is 4.71. The zero-order valence-corrected chi connectivity index (χ0v) is 11.4. The molecule has 108 valence electrons. The lowest BCUT2D eigenvalue weighted by Gasteiger charge is -2.14. The smallest absolute Gasteiger partial charge is 0.356 e. The number of esters is 1. The van der Waals surface area contributed by atoms with Gasteiger partial charge in [-0.1, -0.05) is 24.3 Å². The molecule has 0 saturated heterocycles. The van der Waals surface area contributed by atoms with E-state index in [0.717, 1.165) is 11.1 Å². The number of anilines is 1. The minimum absolute atomic E-state index is 0.192. The molecule has 1 aliphatic heterocycles. The van der Waals surface area contributed by atoms with Crippen molar-refractivity contribution in [3.05, 3.63) is 47.2 Å². The van der Waals surface area contributed by atoms with Crippen LogP contribution in [-0.4, -0.2) is 34.2 Å². The Morgan fingerprint density at radius 2 is 1.95 bits per heavy atom. The highest BCUT2D eigenvalue weighted by Crippen LogP contribution is 2.22. The molecule has 2 heterocycles. The van der Waals surface area contributed by atoms with Crippen LogP contribution in [0.5, 0.6) is 0 Å². The number of benzene rings is 1. The summed E-state index contributed by atoms with van der Waals surface area (Å²) in [6.07, 6.45) is 0. The normalized spacial score (nSPS) is 12.9. The summed E-state index contributed by atoms with van der Waals surface area (Å²) in [5.41, 5.74) is 2.48. The first-order valence-electron chi connectivity index (χ1n) is 6.44. The standard InChI is InChI=1S/C14H14N4O3/c1-21-13(19)11-6-12(17-16-11)15-14(20)18-7-9-4-2-3-5-10(9)8-18/h2-6H,7-8H2,1H3,(H2,15,16,17,20). The number of carbonyl (C=O) groups excluding carboxylic acids is 2. The lowest BCUT2D eigenvalue weighted by atomic mass is 10.1. The summed E-state index contributed by atoms with van der Waals surface area (Å²) in [6, 6.07) is 9.10. The molecule has 0 saturated carbocycles. The molecule has 1 aliphatic rings. The Hall–Kier alpha value is -2.83. The molecule has 1 aromatic carbocycles.